The number of phenolic OH excluding ortho intramolecular Hbond substituents is 2. The van der Waals surface area contributed by atoms with Gasteiger partial charge in [-0.05, 0) is 57.4 Å². The maximum atomic E-state index is 11.3. The number of hydrogen-bond acceptors (Lipinski definition) is 8. The molecule has 4 aliphatic heterocycles. The molecule has 1 radical (unpaired) electrons. The zero-order chi connectivity index (χ0) is 24.0. The summed E-state index contributed by atoms with van der Waals surface area (Å²) in [4.78, 5) is 4.48. The maximum Gasteiger partial charge on any atom is 0.231 e. The van der Waals surface area contributed by atoms with Gasteiger partial charge < -0.3 is 25.4 Å². The Morgan fingerprint density at radius 2 is 1.77 bits per heavy atom. The molecule has 4 heterocycles. The number of nitriles is 1. The second-order valence-electron chi connectivity index (χ2n) is 10.1. The quantitative estimate of drug-likeness (QED) is 0.419. The molecule has 2 bridgehead atoms. The molecule has 8 nitrogen and oxygen atoms in total. The van der Waals surface area contributed by atoms with Gasteiger partial charge in [0.1, 0.15) is 17.5 Å². The van der Waals surface area contributed by atoms with Crippen molar-refractivity contribution in [2.45, 2.75) is 63.8 Å². The number of rotatable bonds is 1. The standard InChI is InChI=1S/C26H30N4O4.Ac/c1-11-5-14-6-16-18(8-27)30-17(22(29(16)4)20(14)24(32)12(11)2)7-15-21(19(30)9-28)26-25(33-10-34-26)13(3)23(15)31;/h5,16-19,22,31-32H,6-7,9-10,28H2,1-4H3;/t16-,17?,18+,19+,22+;/m1./s1. The average Bonchev–Trinajstić information content (AvgIpc) is 3.31. The summed E-state index contributed by atoms with van der Waals surface area (Å²) in [5.41, 5.74) is 12.7. The molecule has 0 amide bonds. The van der Waals surface area contributed by atoms with E-state index in [1.54, 1.807) is 0 Å². The van der Waals surface area contributed by atoms with E-state index >= 15 is 0 Å². The minimum atomic E-state index is -0.397. The first kappa shape index (κ1) is 25.1. The second-order valence-corrected chi connectivity index (χ2v) is 10.1. The summed E-state index contributed by atoms with van der Waals surface area (Å²) in [5, 5.41) is 32.9. The monoisotopic (exact) mass is 689 g/mol. The summed E-state index contributed by atoms with van der Waals surface area (Å²) >= 11 is 0. The van der Waals surface area contributed by atoms with Crippen molar-refractivity contribution >= 4 is 0 Å². The van der Waals surface area contributed by atoms with Gasteiger partial charge in [-0.2, -0.15) is 5.26 Å². The Labute approximate surface area is 241 Å². The van der Waals surface area contributed by atoms with Crippen molar-refractivity contribution in [2.24, 2.45) is 5.73 Å². The Morgan fingerprint density at radius 1 is 1.06 bits per heavy atom. The third kappa shape index (κ3) is 3.23. The van der Waals surface area contributed by atoms with Gasteiger partial charge >= 0.3 is 0 Å². The van der Waals surface area contributed by atoms with E-state index in [-0.39, 0.29) is 87.3 Å². The second kappa shape index (κ2) is 8.78. The van der Waals surface area contributed by atoms with Crippen molar-refractivity contribution in [1.29, 1.82) is 5.26 Å². The predicted molar refractivity (Wildman–Crippen MR) is 125 cm³/mol. The number of phenols is 2. The molecule has 2 aromatic carbocycles. The molecule has 5 atom stereocenters. The van der Waals surface area contributed by atoms with Gasteiger partial charge in [0.2, 0.25) is 6.79 Å². The maximum absolute atomic E-state index is 11.3. The minimum absolute atomic E-state index is 0. The van der Waals surface area contributed by atoms with Crippen LogP contribution in [-0.2, 0) is 12.8 Å². The van der Waals surface area contributed by atoms with Crippen molar-refractivity contribution in [3.63, 3.8) is 0 Å². The van der Waals surface area contributed by atoms with E-state index in [9.17, 15) is 15.5 Å². The fourth-order valence-corrected chi connectivity index (χ4v) is 6.94. The van der Waals surface area contributed by atoms with Crippen LogP contribution in [0.4, 0.5) is 0 Å². The van der Waals surface area contributed by atoms with Crippen LogP contribution in [0.3, 0.4) is 0 Å². The summed E-state index contributed by atoms with van der Waals surface area (Å²) in [6.07, 6.45) is 1.19. The molecule has 4 N–H and O–H groups in total. The Hall–Kier alpha value is -1.55. The van der Waals surface area contributed by atoms with E-state index in [1.807, 2.05) is 27.8 Å². The zero-order valence-corrected chi connectivity index (χ0v) is 25.2. The van der Waals surface area contributed by atoms with Crippen LogP contribution in [0.15, 0.2) is 6.07 Å². The van der Waals surface area contributed by atoms with Gasteiger partial charge in [-0.1, -0.05) is 6.07 Å². The van der Waals surface area contributed by atoms with E-state index in [1.165, 1.54) is 0 Å². The number of aromatic hydroxyl groups is 2. The topological polar surface area (TPSA) is 115 Å². The number of aryl methyl sites for hydroxylation is 1. The third-order valence-electron chi connectivity index (χ3n) is 8.68. The van der Waals surface area contributed by atoms with Crippen LogP contribution in [-0.4, -0.2) is 58.5 Å². The summed E-state index contributed by atoms with van der Waals surface area (Å²) in [5.74, 6) is 1.73. The van der Waals surface area contributed by atoms with Crippen molar-refractivity contribution < 1.29 is 63.7 Å². The van der Waals surface area contributed by atoms with Crippen molar-refractivity contribution in [3.05, 3.63) is 45.0 Å². The molecule has 1 fully saturated rings. The molecule has 9 heteroatoms. The normalized spacial score (nSPS) is 28.4. The van der Waals surface area contributed by atoms with Crippen LogP contribution in [0.1, 0.15) is 51.0 Å². The molecule has 1 unspecified atom stereocenters. The number of benzene rings is 2. The van der Waals surface area contributed by atoms with Crippen LogP contribution in [0.25, 0.3) is 0 Å². The molecular weight excluding hydrogens is 659 g/mol. The largest absolute Gasteiger partial charge is 0.507 e. The smallest absolute Gasteiger partial charge is 0.231 e. The number of nitrogens with zero attached hydrogens (tertiary/aromatic N) is 3. The Bertz CT molecular complexity index is 1280. The number of nitrogens with two attached hydrogens (primary N) is 1. The number of hydrogen-bond donors (Lipinski definition) is 3. The number of ether oxygens (including phenoxy) is 2. The molecule has 6 rings (SSSR count). The molecule has 2 aromatic rings. The Balaban J connectivity index is 0.00000253. The summed E-state index contributed by atoms with van der Waals surface area (Å²) in [7, 11) is 2.05. The number of likely N-dealkylation sites (N-methyl/N-ethyl adjacent to an activating group) is 1. The number of fused-ring (bicyclic) bond motifs is 9. The van der Waals surface area contributed by atoms with Gasteiger partial charge in [-0.25, -0.2) is 0 Å². The van der Waals surface area contributed by atoms with Crippen molar-refractivity contribution in [3.8, 4) is 29.1 Å². The molecule has 1 saturated heterocycles. The molecule has 0 aromatic heterocycles. The molecule has 0 spiro atoms. The number of piperazine rings is 1. The SMILES string of the molecule is Cc1cc2c(c(O)c1C)[C@@H]1C3Cc4c(O)c(C)c5c(c4[C@H](CN)N3[C@@H](C#N)[C@@H](C2)N1C)OCO5.[Ac]. The van der Waals surface area contributed by atoms with Crippen LogP contribution in [0, 0.1) is 76.2 Å². The summed E-state index contributed by atoms with van der Waals surface area (Å²) in [6.45, 7) is 6.17. The van der Waals surface area contributed by atoms with E-state index < -0.39 is 6.04 Å². The molecule has 35 heavy (non-hydrogen) atoms. The molecule has 0 saturated carbocycles. The zero-order valence-electron chi connectivity index (χ0n) is 20.5. The van der Waals surface area contributed by atoms with E-state index in [2.05, 4.69) is 21.9 Å². The fraction of sp³-hybridized carbons (Fsp3) is 0.500. The van der Waals surface area contributed by atoms with Gasteiger partial charge in [-0.15, -0.1) is 0 Å². The average molecular weight is 690 g/mol. The van der Waals surface area contributed by atoms with E-state index in [0.29, 0.717) is 35.7 Å². The fourth-order valence-electron chi connectivity index (χ4n) is 6.94. The van der Waals surface area contributed by atoms with Crippen molar-refractivity contribution in [2.75, 3.05) is 20.4 Å². The Morgan fingerprint density at radius 3 is 2.46 bits per heavy atom. The third-order valence-corrected chi connectivity index (χ3v) is 8.68. The van der Waals surface area contributed by atoms with Gasteiger partial charge in [0.05, 0.1) is 18.2 Å². The van der Waals surface area contributed by atoms with Gasteiger partial charge in [0.25, 0.3) is 0 Å². The van der Waals surface area contributed by atoms with Crippen LogP contribution in [0.5, 0.6) is 23.0 Å². The van der Waals surface area contributed by atoms with E-state index in [4.69, 9.17) is 15.2 Å². The molecule has 4 aliphatic rings. The van der Waals surface area contributed by atoms with Crippen LogP contribution >= 0.6 is 0 Å². The predicted octanol–water partition coefficient (Wildman–Crippen LogP) is 2.48. The minimum Gasteiger partial charge on any atom is -0.507 e. The Kier molecular flexibility index (Phi) is 6.30. The summed E-state index contributed by atoms with van der Waals surface area (Å²) < 4.78 is 11.6. The summed E-state index contributed by atoms with van der Waals surface area (Å²) in [6, 6.07) is 3.71. The first-order chi connectivity index (χ1) is 16.3. The van der Waals surface area contributed by atoms with Gasteiger partial charge in [0, 0.05) is 84.9 Å². The molecule has 0 aliphatic carbocycles. The first-order valence-corrected chi connectivity index (χ1v) is 11.8. The van der Waals surface area contributed by atoms with Crippen LogP contribution in [0.2, 0.25) is 0 Å². The first-order valence-electron chi connectivity index (χ1n) is 11.8. The van der Waals surface area contributed by atoms with Crippen molar-refractivity contribution in [1.82, 2.24) is 9.80 Å². The van der Waals surface area contributed by atoms with Gasteiger partial charge in [0.15, 0.2) is 11.5 Å². The van der Waals surface area contributed by atoms with Gasteiger partial charge in [-0.3, -0.25) is 9.80 Å². The molecule has 181 valence electrons. The van der Waals surface area contributed by atoms with Crippen LogP contribution < -0.4 is 15.2 Å². The van der Waals surface area contributed by atoms with E-state index in [0.717, 1.165) is 33.4 Å². The molecular formula is C26H30AcN4O4.